The monoisotopic (exact) mass is 308 g/mol. The maximum absolute atomic E-state index is 13.2. The highest BCUT2D eigenvalue weighted by molar-refractivity contribution is 5.76. The number of nitro benzene ring substituents is 1. The third kappa shape index (κ3) is 2.26. The number of alkyl halides is 3. The lowest BCUT2D eigenvalue weighted by atomic mass is 10.1. The maximum atomic E-state index is 13.2. The first-order chi connectivity index (χ1) is 10.4. The van der Waals surface area contributed by atoms with Gasteiger partial charge in [0.25, 0.3) is 5.69 Å². The van der Waals surface area contributed by atoms with Crippen molar-refractivity contribution in [3.05, 3.63) is 58.1 Å². The van der Waals surface area contributed by atoms with Crippen molar-refractivity contribution in [2.75, 3.05) is 0 Å². The molecule has 3 aromatic rings. The van der Waals surface area contributed by atoms with Crippen LogP contribution in [-0.2, 0) is 6.18 Å². The van der Waals surface area contributed by atoms with E-state index in [4.69, 9.17) is 0 Å². The van der Waals surface area contributed by atoms with Crippen LogP contribution in [0.2, 0.25) is 0 Å². The summed E-state index contributed by atoms with van der Waals surface area (Å²) in [7, 11) is 0. The zero-order valence-electron chi connectivity index (χ0n) is 10.8. The van der Waals surface area contributed by atoms with Gasteiger partial charge in [-0.2, -0.15) is 13.2 Å². The minimum absolute atomic E-state index is 0.313. The first kappa shape index (κ1) is 14.0. The van der Waals surface area contributed by atoms with Gasteiger partial charge in [-0.05, 0) is 18.2 Å². The van der Waals surface area contributed by atoms with E-state index in [9.17, 15) is 23.3 Å². The van der Waals surface area contributed by atoms with Crippen molar-refractivity contribution in [1.29, 1.82) is 0 Å². The van der Waals surface area contributed by atoms with Crippen LogP contribution in [0.5, 0.6) is 0 Å². The van der Waals surface area contributed by atoms with Crippen LogP contribution >= 0.6 is 0 Å². The third-order valence-corrected chi connectivity index (χ3v) is 3.08. The molecule has 0 aliphatic rings. The van der Waals surface area contributed by atoms with E-state index in [-0.39, 0.29) is 5.69 Å². The summed E-state index contributed by atoms with van der Waals surface area (Å²) in [5, 5.41) is 18.2. The molecule has 0 N–H and O–H groups in total. The van der Waals surface area contributed by atoms with E-state index in [1.807, 2.05) is 0 Å². The highest BCUT2D eigenvalue weighted by atomic mass is 19.4. The van der Waals surface area contributed by atoms with E-state index in [1.165, 1.54) is 0 Å². The number of rotatable bonds is 2. The molecule has 0 fully saturated rings. The normalized spacial score (nSPS) is 11.8. The standard InChI is InChI=1S/C13H7F3N4O2/c14-13(15,16)9-7-8(20(21)22)5-6-11(9)19-12-4-2-1-3-10(12)17-18-19/h1-7H. The van der Waals surface area contributed by atoms with Crippen LogP contribution in [0, 0.1) is 10.1 Å². The fraction of sp³-hybridized carbons (Fsp3) is 0.0769. The molecule has 6 nitrogen and oxygen atoms in total. The minimum Gasteiger partial charge on any atom is -0.258 e. The average Bonchev–Trinajstić information content (AvgIpc) is 2.89. The Morgan fingerprint density at radius 3 is 2.55 bits per heavy atom. The predicted molar refractivity (Wildman–Crippen MR) is 70.5 cm³/mol. The fourth-order valence-corrected chi connectivity index (χ4v) is 2.10. The topological polar surface area (TPSA) is 73.8 Å². The molecular weight excluding hydrogens is 301 g/mol. The van der Waals surface area contributed by atoms with E-state index < -0.39 is 22.4 Å². The van der Waals surface area contributed by atoms with Crippen LogP contribution in [0.15, 0.2) is 42.5 Å². The van der Waals surface area contributed by atoms with Crippen LogP contribution in [-0.4, -0.2) is 19.9 Å². The van der Waals surface area contributed by atoms with Crippen LogP contribution in [0.4, 0.5) is 18.9 Å². The summed E-state index contributed by atoms with van der Waals surface area (Å²) in [6, 6.07) is 9.01. The molecular formula is C13H7F3N4O2. The number of fused-ring (bicyclic) bond motifs is 1. The smallest absolute Gasteiger partial charge is 0.258 e. The van der Waals surface area contributed by atoms with Gasteiger partial charge >= 0.3 is 6.18 Å². The molecule has 0 radical (unpaired) electrons. The lowest BCUT2D eigenvalue weighted by molar-refractivity contribution is -0.385. The van der Waals surface area contributed by atoms with Crippen molar-refractivity contribution < 1.29 is 18.1 Å². The Bertz CT molecular complexity index is 873. The Labute approximate surface area is 120 Å². The minimum atomic E-state index is -4.76. The Hall–Kier alpha value is -2.97. The van der Waals surface area contributed by atoms with Gasteiger partial charge in [-0.3, -0.25) is 10.1 Å². The molecule has 0 saturated carbocycles. The Kier molecular flexibility index (Phi) is 3.05. The van der Waals surface area contributed by atoms with E-state index >= 15 is 0 Å². The summed E-state index contributed by atoms with van der Waals surface area (Å²) in [6.45, 7) is 0. The maximum Gasteiger partial charge on any atom is 0.418 e. The average molecular weight is 308 g/mol. The summed E-state index contributed by atoms with van der Waals surface area (Å²) in [6.07, 6.45) is -4.76. The van der Waals surface area contributed by atoms with Crippen LogP contribution in [0.1, 0.15) is 5.56 Å². The number of aromatic nitrogens is 3. The first-order valence-corrected chi connectivity index (χ1v) is 6.04. The van der Waals surface area contributed by atoms with Gasteiger partial charge < -0.3 is 0 Å². The lowest BCUT2D eigenvalue weighted by Gasteiger charge is -2.12. The van der Waals surface area contributed by atoms with Gasteiger partial charge in [0.1, 0.15) is 5.52 Å². The SMILES string of the molecule is O=[N+]([O-])c1ccc(-n2nnc3ccccc32)c(C(F)(F)F)c1. The molecule has 2 aromatic carbocycles. The van der Waals surface area contributed by atoms with Gasteiger partial charge in [0.2, 0.25) is 0 Å². The second kappa shape index (κ2) is 4.79. The molecule has 0 bridgehead atoms. The number of nitro groups is 1. The van der Waals surface area contributed by atoms with Gasteiger partial charge in [-0.25, -0.2) is 4.68 Å². The number of hydrogen-bond donors (Lipinski definition) is 0. The molecule has 22 heavy (non-hydrogen) atoms. The summed E-state index contributed by atoms with van der Waals surface area (Å²) in [4.78, 5) is 9.82. The third-order valence-electron chi connectivity index (χ3n) is 3.08. The van der Waals surface area contributed by atoms with Crippen molar-refractivity contribution in [3.63, 3.8) is 0 Å². The molecule has 0 amide bonds. The number of para-hydroxylation sites is 1. The summed E-state index contributed by atoms with van der Waals surface area (Å²) in [5.41, 5.74) is -1.29. The largest absolute Gasteiger partial charge is 0.418 e. The number of non-ortho nitro benzene ring substituents is 1. The van der Waals surface area contributed by atoms with E-state index in [0.29, 0.717) is 17.1 Å². The van der Waals surface area contributed by atoms with E-state index in [2.05, 4.69) is 10.3 Å². The number of halogens is 3. The fourth-order valence-electron chi connectivity index (χ4n) is 2.10. The molecule has 0 aliphatic heterocycles. The second-order valence-corrected chi connectivity index (χ2v) is 4.45. The van der Waals surface area contributed by atoms with Gasteiger partial charge in [-0.1, -0.05) is 17.3 Å². The van der Waals surface area contributed by atoms with Crippen LogP contribution < -0.4 is 0 Å². The van der Waals surface area contributed by atoms with Gasteiger partial charge in [-0.15, -0.1) is 5.10 Å². The molecule has 3 rings (SSSR count). The van der Waals surface area contributed by atoms with Gasteiger partial charge in [0.05, 0.1) is 21.7 Å². The van der Waals surface area contributed by atoms with E-state index in [0.717, 1.165) is 16.8 Å². The van der Waals surface area contributed by atoms with Crippen molar-refractivity contribution in [2.45, 2.75) is 6.18 Å². The quantitative estimate of drug-likeness (QED) is 0.537. The highest BCUT2D eigenvalue weighted by Gasteiger charge is 2.36. The molecule has 112 valence electrons. The van der Waals surface area contributed by atoms with Crippen molar-refractivity contribution in [3.8, 4) is 5.69 Å². The highest BCUT2D eigenvalue weighted by Crippen LogP contribution is 2.36. The zero-order chi connectivity index (χ0) is 15.9. The van der Waals surface area contributed by atoms with Crippen LogP contribution in [0.25, 0.3) is 16.7 Å². The molecule has 1 heterocycles. The molecule has 0 spiro atoms. The molecule has 0 aliphatic carbocycles. The molecule has 1 aromatic heterocycles. The number of benzene rings is 2. The zero-order valence-corrected chi connectivity index (χ0v) is 10.8. The van der Waals surface area contributed by atoms with Crippen molar-refractivity contribution in [1.82, 2.24) is 15.0 Å². The Morgan fingerprint density at radius 1 is 1.14 bits per heavy atom. The lowest BCUT2D eigenvalue weighted by Crippen LogP contribution is -2.12. The van der Waals surface area contributed by atoms with E-state index in [1.54, 1.807) is 24.3 Å². The first-order valence-electron chi connectivity index (χ1n) is 6.04. The summed E-state index contributed by atoms with van der Waals surface area (Å²) in [5.74, 6) is 0. The Balaban J connectivity index is 2.28. The van der Waals surface area contributed by atoms with Gasteiger partial charge in [0.15, 0.2) is 0 Å². The molecule has 0 unspecified atom stereocenters. The summed E-state index contributed by atoms with van der Waals surface area (Å²) >= 11 is 0. The number of nitrogens with zero attached hydrogens (tertiary/aromatic N) is 4. The van der Waals surface area contributed by atoms with Gasteiger partial charge in [0, 0.05) is 12.1 Å². The van der Waals surface area contributed by atoms with Crippen molar-refractivity contribution >= 4 is 16.7 Å². The Morgan fingerprint density at radius 2 is 1.86 bits per heavy atom. The second-order valence-electron chi connectivity index (χ2n) is 4.45. The predicted octanol–water partition coefficient (Wildman–Crippen LogP) is 3.35. The van der Waals surface area contributed by atoms with Crippen molar-refractivity contribution in [2.24, 2.45) is 0 Å². The van der Waals surface area contributed by atoms with Crippen LogP contribution in [0.3, 0.4) is 0 Å². The summed E-state index contributed by atoms with van der Waals surface area (Å²) < 4.78 is 40.6. The number of hydrogen-bond acceptors (Lipinski definition) is 4. The molecule has 9 heteroatoms. The molecule has 0 saturated heterocycles. The molecule has 0 atom stereocenters.